The lowest BCUT2D eigenvalue weighted by atomic mass is 9.91. The van der Waals surface area contributed by atoms with Gasteiger partial charge in [-0.3, -0.25) is 4.79 Å². The van der Waals surface area contributed by atoms with Gasteiger partial charge in [-0.15, -0.1) is 0 Å². The summed E-state index contributed by atoms with van der Waals surface area (Å²) in [5, 5.41) is 24.5. The predicted molar refractivity (Wildman–Crippen MR) is 160 cm³/mol. The number of alkyl carbamates (subject to hydrolysis) is 1. The zero-order valence-corrected chi connectivity index (χ0v) is 24.7. The van der Waals surface area contributed by atoms with Crippen LogP contribution in [0.5, 0.6) is 11.5 Å². The van der Waals surface area contributed by atoms with Crippen LogP contribution in [0, 0.1) is 22.7 Å². The Kier molecular flexibility index (Phi) is 10.2. The number of nitrogens with one attached hydrogen (secondary N) is 2. The Bertz CT molecular complexity index is 1520. The number of amides is 2. The summed E-state index contributed by atoms with van der Waals surface area (Å²) in [7, 11) is 0. The summed E-state index contributed by atoms with van der Waals surface area (Å²) in [6.07, 6.45) is 2.45. The molecule has 0 bridgehead atoms. The van der Waals surface area contributed by atoms with Crippen LogP contribution in [0.25, 0.3) is 0 Å². The van der Waals surface area contributed by atoms with Gasteiger partial charge in [0, 0.05) is 18.2 Å². The molecule has 0 aromatic heterocycles. The van der Waals surface area contributed by atoms with E-state index < -0.39 is 11.7 Å². The van der Waals surface area contributed by atoms with Crippen LogP contribution >= 0.6 is 0 Å². The van der Waals surface area contributed by atoms with Gasteiger partial charge >= 0.3 is 6.09 Å². The lowest BCUT2D eigenvalue weighted by Gasteiger charge is -2.30. The van der Waals surface area contributed by atoms with Gasteiger partial charge in [-0.2, -0.15) is 10.5 Å². The molecule has 0 heterocycles. The number of hydrogen-bond donors (Lipinski definition) is 2. The topological polar surface area (TPSA) is 133 Å². The van der Waals surface area contributed by atoms with Gasteiger partial charge in [0.05, 0.1) is 28.8 Å². The summed E-state index contributed by atoms with van der Waals surface area (Å²) in [5.74, 6) is 0.592. The molecule has 1 fully saturated rings. The molecule has 0 atom stereocenters. The minimum atomic E-state index is -0.559. The van der Waals surface area contributed by atoms with E-state index in [0.717, 1.165) is 24.0 Å². The Hall–Kier alpha value is -5.02. The number of nitrogens with zero attached hydrogens (tertiary/aromatic N) is 2. The Labute approximate surface area is 252 Å². The maximum absolute atomic E-state index is 13.4. The second-order valence-corrected chi connectivity index (χ2v) is 11.5. The lowest BCUT2D eigenvalue weighted by molar-refractivity contribution is 0.0487. The van der Waals surface area contributed by atoms with Crippen LogP contribution in [0.3, 0.4) is 0 Å². The highest BCUT2D eigenvalue weighted by Gasteiger charge is 2.26. The fourth-order valence-corrected chi connectivity index (χ4v) is 4.81. The molecule has 1 aliphatic rings. The quantitative estimate of drug-likeness (QED) is 0.310. The van der Waals surface area contributed by atoms with Gasteiger partial charge < -0.3 is 24.8 Å². The first kappa shape index (κ1) is 30.9. The van der Waals surface area contributed by atoms with Crippen molar-refractivity contribution in [2.75, 3.05) is 0 Å². The van der Waals surface area contributed by atoms with Crippen molar-refractivity contribution >= 4 is 12.0 Å². The highest BCUT2D eigenvalue weighted by molar-refractivity contribution is 5.97. The Balaban J connectivity index is 1.42. The van der Waals surface area contributed by atoms with E-state index in [0.29, 0.717) is 41.0 Å². The summed E-state index contributed by atoms with van der Waals surface area (Å²) in [4.78, 5) is 25.6. The van der Waals surface area contributed by atoms with E-state index in [9.17, 15) is 14.9 Å². The molecule has 4 rings (SSSR count). The van der Waals surface area contributed by atoms with Gasteiger partial charge in [0.25, 0.3) is 5.91 Å². The van der Waals surface area contributed by atoms with Crippen LogP contribution in [0.1, 0.15) is 79.1 Å². The molecule has 3 aromatic carbocycles. The monoisotopic (exact) mass is 580 g/mol. The zero-order chi connectivity index (χ0) is 30.8. The third kappa shape index (κ3) is 9.51. The Morgan fingerprint density at radius 2 is 1.35 bits per heavy atom. The predicted octanol–water partition coefficient (Wildman–Crippen LogP) is 6.15. The maximum Gasteiger partial charge on any atom is 0.407 e. The molecule has 0 saturated heterocycles. The van der Waals surface area contributed by atoms with E-state index in [1.165, 1.54) is 0 Å². The van der Waals surface area contributed by atoms with Crippen LogP contribution < -0.4 is 20.1 Å². The number of hydrogen-bond acceptors (Lipinski definition) is 7. The fraction of sp³-hybridized carbons (Fsp3) is 0.353. The SMILES string of the molecule is CC(C)(C)OC(=O)NC1CCC(NC(=O)c2ccc(OCc3cccc(C#N)c3)cc2OCc2cccc(C#N)c2)CC1. The van der Waals surface area contributed by atoms with Gasteiger partial charge in [0.1, 0.15) is 30.3 Å². The van der Waals surface area contributed by atoms with Crippen LogP contribution in [0.4, 0.5) is 4.79 Å². The number of benzene rings is 3. The minimum Gasteiger partial charge on any atom is -0.489 e. The number of ether oxygens (including phenoxy) is 3. The molecule has 3 aromatic rings. The van der Waals surface area contributed by atoms with Crippen LogP contribution in [0.15, 0.2) is 66.7 Å². The number of carbonyl (C=O) groups excluding carboxylic acids is 2. The van der Waals surface area contributed by atoms with Crippen molar-refractivity contribution in [3.05, 3.63) is 94.5 Å². The summed E-state index contributed by atoms with van der Waals surface area (Å²) in [6, 6.07) is 23.5. The molecule has 0 radical (unpaired) electrons. The third-order valence-electron chi connectivity index (χ3n) is 6.89. The van der Waals surface area contributed by atoms with Crippen molar-refractivity contribution in [3.8, 4) is 23.6 Å². The van der Waals surface area contributed by atoms with Crippen molar-refractivity contribution in [1.82, 2.24) is 10.6 Å². The molecule has 9 heteroatoms. The first-order valence-electron chi connectivity index (χ1n) is 14.3. The number of nitriles is 2. The van der Waals surface area contributed by atoms with Crippen molar-refractivity contribution in [2.24, 2.45) is 0 Å². The molecule has 2 N–H and O–H groups in total. The summed E-state index contributed by atoms with van der Waals surface area (Å²) in [5.41, 5.74) is 2.51. The number of carbonyl (C=O) groups is 2. The van der Waals surface area contributed by atoms with Gasteiger partial charge in [-0.1, -0.05) is 24.3 Å². The standard InChI is InChI=1S/C34H36N4O5/c1-34(2,3)43-33(40)38-28-12-10-27(11-13-28)37-32(39)30-15-14-29(41-21-25-8-4-6-23(16-25)19-35)18-31(30)42-22-26-9-5-7-24(17-26)20-36/h4-9,14-18,27-28H,10-13,21-22H2,1-3H3,(H,37,39)(H,38,40). The molecule has 222 valence electrons. The molecule has 2 amide bonds. The van der Waals surface area contributed by atoms with E-state index in [4.69, 9.17) is 19.5 Å². The molecule has 43 heavy (non-hydrogen) atoms. The van der Waals surface area contributed by atoms with Gasteiger partial charge in [-0.25, -0.2) is 4.79 Å². The van der Waals surface area contributed by atoms with Crippen LogP contribution in [-0.2, 0) is 18.0 Å². The highest BCUT2D eigenvalue weighted by atomic mass is 16.6. The number of rotatable bonds is 9. The second-order valence-electron chi connectivity index (χ2n) is 11.5. The molecule has 0 aliphatic heterocycles. The normalized spacial score (nSPS) is 16.2. The Morgan fingerprint density at radius 3 is 1.91 bits per heavy atom. The Morgan fingerprint density at radius 1 is 0.791 bits per heavy atom. The van der Waals surface area contributed by atoms with E-state index in [2.05, 4.69) is 22.8 Å². The summed E-state index contributed by atoms with van der Waals surface area (Å²) < 4.78 is 17.4. The molecule has 0 unspecified atom stereocenters. The van der Waals surface area contributed by atoms with Gasteiger partial charge in [-0.05, 0) is 94.0 Å². The average Bonchev–Trinajstić information content (AvgIpc) is 2.99. The zero-order valence-electron chi connectivity index (χ0n) is 24.7. The third-order valence-corrected chi connectivity index (χ3v) is 6.89. The van der Waals surface area contributed by atoms with Crippen LogP contribution in [-0.4, -0.2) is 29.7 Å². The van der Waals surface area contributed by atoms with Crippen molar-refractivity contribution in [3.63, 3.8) is 0 Å². The minimum absolute atomic E-state index is 0.00337. The fourth-order valence-electron chi connectivity index (χ4n) is 4.81. The first-order valence-corrected chi connectivity index (χ1v) is 14.3. The average molecular weight is 581 g/mol. The van der Waals surface area contributed by atoms with Crippen LogP contribution in [0.2, 0.25) is 0 Å². The van der Waals surface area contributed by atoms with Crippen molar-refractivity contribution in [1.29, 1.82) is 10.5 Å². The maximum atomic E-state index is 13.4. The molecule has 1 saturated carbocycles. The van der Waals surface area contributed by atoms with Crippen molar-refractivity contribution < 1.29 is 23.8 Å². The second kappa shape index (κ2) is 14.2. The smallest absolute Gasteiger partial charge is 0.407 e. The van der Waals surface area contributed by atoms with Crippen molar-refractivity contribution in [2.45, 2.75) is 77.4 Å². The molecule has 9 nitrogen and oxygen atoms in total. The largest absolute Gasteiger partial charge is 0.489 e. The molecule has 1 aliphatic carbocycles. The van der Waals surface area contributed by atoms with E-state index in [-0.39, 0.29) is 31.2 Å². The summed E-state index contributed by atoms with van der Waals surface area (Å²) >= 11 is 0. The van der Waals surface area contributed by atoms with E-state index in [1.807, 2.05) is 32.9 Å². The lowest BCUT2D eigenvalue weighted by Crippen LogP contribution is -2.45. The molecular formula is C34H36N4O5. The molecule has 0 spiro atoms. The van der Waals surface area contributed by atoms with E-state index >= 15 is 0 Å². The first-order chi connectivity index (χ1) is 20.6. The van der Waals surface area contributed by atoms with Gasteiger partial charge in [0.2, 0.25) is 0 Å². The molecular weight excluding hydrogens is 544 g/mol. The van der Waals surface area contributed by atoms with E-state index in [1.54, 1.807) is 54.6 Å². The highest BCUT2D eigenvalue weighted by Crippen LogP contribution is 2.28. The summed E-state index contributed by atoms with van der Waals surface area (Å²) in [6.45, 7) is 5.88. The van der Waals surface area contributed by atoms with Gasteiger partial charge in [0.15, 0.2) is 0 Å².